The smallest absolute Gasteiger partial charge is 0.0975 e. The van der Waals surface area contributed by atoms with Gasteiger partial charge in [-0.1, -0.05) is 30.3 Å². The topological polar surface area (TPSA) is 9.23 Å². The van der Waals surface area contributed by atoms with Gasteiger partial charge >= 0.3 is 0 Å². The van der Waals surface area contributed by atoms with E-state index in [0.29, 0.717) is 0 Å². The van der Waals surface area contributed by atoms with Crippen LogP contribution in [0, 0.1) is 6.10 Å². The van der Waals surface area contributed by atoms with Gasteiger partial charge in [-0.3, -0.25) is 0 Å². The molecule has 0 aliphatic heterocycles. The average molecular weight is 161 g/mol. The lowest BCUT2D eigenvalue weighted by Crippen LogP contribution is -2.12. The molecule has 0 unspecified atom stereocenters. The molecule has 1 aliphatic carbocycles. The second-order valence-electron chi connectivity index (χ2n) is 3.17. The summed E-state index contributed by atoms with van der Waals surface area (Å²) in [5.41, 5.74) is 1.26. The molecule has 0 amide bonds. The van der Waals surface area contributed by atoms with Crippen molar-refractivity contribution in [3.63, 3.8) is 0 Å². The predicted octanol–water partition coefficient (Wildman–Crippen LogP) is 2.92. The molecule has 2 rings (SSSR count). The molecule has 1 aromatic carbocycles. The van der Waals surface area contributed by atoms with Gasteiger partial charge in [0.15, 0.2) is 0 Å². The van der Waals surface area contributed by atoms with E-state index in [-0.39, 0.29) is 0 Å². The predicted molar refractivity (Wildman–Crippen MR) is 48.3 cm³/mol. The number of benzene rings is 1. The molecule has 0 spiro atoms. The van der Waals surface area contributed by atoms with Crippen molar-refractivity contribution in [3.05, 3.63) is 42.0 Å². The van der Waals surface area contributed by atoms with E-state index < -0.39 is 0 Å². The van der Waals surface area contributed by atoms with Gasteiger partial charge in [-0.15, -0.1) is 0 Å². The third-order valence-corrected chi connectivity index (χ3v) is 2.20. The lowest BCUT2D eigenvalue weighted by molar-refractivity contribution is 0.0806. The van der Waals surface area contributed by atoms with Crippen LogP contribution in [0.25, 0.3) is 0 Å². The molecule has 1 radical (unpaired) electrons. The first-order valence-corrected chi connectivity index (χ1v) is 4.46. The maximum absolute atomic E-state index is 5.58. The lowest BCUT2D eigenvalue weighted by atomic mass is 9.96. The zero-order chi connectivity index (χ0) is 8.23. The Morgan fingerprint density at radius 3 is 2.42 bits per heavy atom. The van der Waals surface area contributed by atoms with Gasteiger partial charge in [-0.05, 0) is 24.8 Å². The fraction of sp³-hybridized carbons (Fsp3) is 0.364. The Morgan fingerprint density at radius 1 is 1.08 bits per heavy atom. The summed E-state index contributed by atoms with van der Waals surface area (Å²) in [6, 6.07) is 10.3. The van der Waals surface area contributed by atoms with E-state index in [1.807, 2.05) is 18.2 Å². The van der Waals surface area contributed by atoms with Gasteiger partial charge < -0.3 is 4.74 Å². The van der Waals surface area contributed by atoms with Crippen molar-refractivity contribution in [2.45, 2.75) is 25.9 Å². The van der Waals surface area contributed by atoms with Gasteiger partial charge in [0.1, 0.15) is 0 Å². The van der Waals surface area contributed by atoms with Crippen LogP contribution in [0.2, 0.25) is 0 Å². The summed E-state index contributed by atoms with van der Waals surface area (Å²) < 4.78 is 5.58. The van der Waals surface area contributed by atoms with Gasteiger partial charge in [0.2, 0.25) is 0 Å². The lowest BCUT2D eigenvalue weighted by Gasteiger charge is -2.24. The highest BCUT2D eigenvalue weighted by Gasteiger charge is 2.18. The molecule has 1 aromatic rings. The SMILES string of the molecule is c1ccc(CO[C]2CCC2)cc1. The molecule has 1 fully saturated rings. The first kappa shape index (κ1) is 7.81. The van der Waals surface area contributed by atoms with Crippen molar-refractivity contribution in [1.29, 1.82) is 0 Å². The maximum Gasteiger partial charge on any atom is 0.0975 e. The van der Waals surface area contributed by atoms with Gasteiger partial charge in [0.25, 0.3) is 0 Å². The summed E-state index contributed by atoms with van der Waals surface area (Å²) >= 11 is 0. The molecular formula is C11H13O. The highest BCUT2D eigenvalue weighted by molar-refractivity contribution is 5.13. The molecule has 63 valence electrons. The van der Waals surface area contributed by atoms with E-state index in [4.69, 9.17) is 4.74 Å². The van der Waals surface area contributed by atoms with Gasteiger partial charge in [-0.2, -0.15) is 0 Å². The quantitative estimate of drug-likeness (QED) is 0.662. The highest BCUT2D eigenvalue weighted by atomic mass is 16.5. The van der Waals surface area contributed by atoms with Crippen molar-refractivity contribution in [1.82, 2.24) is 0 Å². The molecule has 0 atom stereocenters. The van der Waals surface area contributed by atoms with Crippen LogP contribution in [0.5, 0.6) is 0 Å². The molecule has 0 bridgehead atoms. The Morgan fingerprint density at radius 2 is 1.83 bits per heavy atom. The van der Waals surface area contributed by atoms with Gasteiger partial charge in [0, 0.05) is 0 Å². The molecule has 1 nitrogen and oxygen atoms in total. The van der Waals surface area contributed by atoms with Crippen LogP contribution in [0.15, 0.2) is 30.3 Å². The first-order chi connectivity index (χ1) is 5.95. The van der Waals surface area contributed by atoms with Crippen molar-refractivity contribution < 1.29 is 4.74 Å². The van der Waals surface area contributed by atoms with E-state index >= 15 is 0 Å². The van der Waals surface area contributed by atoms with E-state index in [9.17, 15) is 0 Å². The van der Waals surface area contributed by atoms with Crippen molar-refractivity contribution in [3.8, 4) is 0 Å². The van der Waals surface area contributed by atoms with E-state index in [0.717, 1.165) is 6.61 Å². The van der Waals surface area contributed by atoms with E-state index in [2.05, 4.69) is 12.1 Å². The molecular weight excluding hydrogens is 148 g/mol. The largest absolute Gasteiger partial charge is 0.367 e. The van der Waals surface area contributed by atoms with Crippen molar-refractivity contribution in [2.75, 3.05) is 0 Å². The molecule has 12 heavy (non-hydrogen) atoms. The average Bonchev–Trinajstić information content (AvgIpc) is 2.04. The Balaban J connectivity index is 1.79. The minimum Gasteiger partial charge on any atom is -0.367 e. The molecule has 1 saturated carbocycles. The third kappa shape index (κ3) is 1.86. The Kier molecular flexibility index (Phi) is 2.42. The number of ether oxygens (including phenoxy) is 1. The molecule has 0 aromatic heterocycles. The van der Waals surface area contributed by atoms with E-state index in [1.165, 1.54) is 30.9 Å². The normalized spacial score (nSPS) is 17.3. The summed E-state index contributed by atoms with van der Waals surface area (Å²) in [6.07, 6.45) is 4.93. The minimum atomic E-state index is 0.746. The first-order valence-electron chi connectivity index (χ1n) is 4.46. The molecule has 0 N–H and O–H groups in total. The Labute approximate surface area is 73.4 Å². The van der Waals surface area contributed by atoms with Crippen LogP contribution in [0.3, 0.4) is 0 Å². The second-order valence-corrected chi connectivity index (χ2v) is 3.17. The van der Waals surface area contributed by atoms with E-state index in [1.54, 1.807) is 0 Å². The Bertz CT molecular complexity index is 226. The zero-order valence-corrected chi connectivity index (χ0v) is 7.12. The van der Waals surface area contributed by atoms with Crippen LogP contribution in [-0.2, 0) is 11.3 Å². The molecule has 1 aliphatic rings. The van der Waals surface area contributed by atoms with Crippen LogP contribution in [0.1, 0.15) is 24.8 Å². The standard InChI is InChI=1S/C11H13O/c1-2-5-10(6-3-1)9-12-11-7-4-8-11/h1-3,5-6H,4,7-9H2. The maximum atomic E-state index is 5.58. The van der Waals surface area contributed by atoms with Crippen molar-refractivity contribution in [2.24, 2.45) is 0 Å². The molecule has 1 heteroatoms. The summed E-state index contributed by atoms with van der Waals surface area (Å²) in [4.78, 5) is 0. The fourth-order valence-electron chi connectivity index (χ4n) is 1.23. The highest BCUT2D eigenvalue weighted by Crippen LogP contribution is 2.30. The van der Waals surface area contributed by atoms with Crippen LogP contribution in [0.4, 0.5) is 0 Å². The number of hydrogen-bond donors (Lipinski definition) is 0. The zero-order valence-electron chi connectivity index (χ0n) is 7.12. The monoisotopic (exact) mass is 161 g/mol. The molecule has 0 saturated heterocycles. The van der Waals surface area contributed by atoms with Crippen LogP contribution >= 0.6 is 0 Å². The summed E-state index contributed by atoms with van der Waals surface area (Å²) in [5, 5.41) is 0. The fourth-order valence-corrected chi connectivity index (χ4v) is 1.23. The van der Waals surface area contributed by atoms with Gasteiger partial charge in [-0.25, -0.2) is 0 Å². The second kappa shape index (κ2) is 3.72. The minimum absolute atomic E-state index is 0.746. The van der Waals surface area contributed by atoms with Crippen LogP contribution in [-0.4, -0.2) is 0 Å². The number of rotatable bonds is 3. The van der Waals surface area contributed by atoms with Crippen molar-refractivity contribution >= 4 is 0 Å². The summed E-state index contributed by atoms with van der Waals surface area (Å²) in [5.74, 6) is 0. The van der Waals surface area contributed by atoms with Gasteiger partial charge in [0.05, 0.1) is 12.7 Å². The summed E-state index contributed by atoms with van der Waals surface area (Å²) in [6.45, 7) is 0.746. The molecule has 0 heterocycles. The van der Waals surface area contributed by atoms with Crippen LogP contribution < -0.4 is 0 Å². The summed E-state index contributed by atoms with van der Waals surface area (Å²) in [7, 11) is 0. The number of hydrogen-bond acceptors (Lipinski definition) is 1. The Hall–Kier alpha value is -0.820. The third-order valence-electron chi connectivity index (χ3n) is 2.20.